The van der Waals surface area contributed by atoms with Crippen molar-refractivity contribution in [1.29, 1.82) is 0 Å². The summed E-state index contributed by atoms with van der Waals surface area (Å²) in [6.45, 7) is -3.05. The molecule has 0 bridgehead atoms. The number of alkyl halides is 2. The number of rotatable bonds is 5. The molecule has 0 aliphatic rings. The van der Waals surface area contributed by atoms with Crippen molar-refractivity contribution in [2.24, 2.45) is 0 Å². The number of hydrogen-bond acceptors (Lipinski definition) is 4. The van der Waals surface area contributed by atoms with Crippen molar-refractivity contribution in [2.45, 2.75) is 6.61 Å². The number of aromatic amines is 1. The summed E-state index contributed by atoms with van der Waals surface area (Å²) >= 11 is 0. The van der Waals surface area contributed by atoms with E-state index >= 15 is 0 Å². The molecule has 0 unspecified atom stereocenters. The third-order valence-corrected chi connectivity index (χ3v) is 2.42. The molecule has 110 valence electrons. The summed E-state index contributed by atoms with van der Waals surface area (Å²) in [4.78, 5) is 28.7. The van der Waals surface area contributed by atoms with Gasteiger partial charge in [-0.2, -0.15) is 8.78 Å². The number of anilines is 1. The van der Waals surface area contributed by atoms with Crippen molar-refractivity contribution in [2.75, 3.05) is 5.32 Å². The largest absolute Gasteiger partial charge is 0.477 e. The van der Waals surface area contributed by atoms with Crippen molar-refractivity contribution in [3.63, 3.8) is 0 Å². The van der Waals surface area contributed by atoms with Crippen LogP contribution in [0.15, 0.2) is 30.6 Å². The number of amides is 1. The minimum atomic E-state index is -3.05. The van der Waals surface area contributed by atoms with Crippen LogP contribution in [0.25, 0.3) is 0 Å². The molecule has 7 nitrogen and oxygen atoms in total. The lowest BCUT2D eigenvalue weighted by atomic mass is 10.2. The summed E-state index contributed by atoms with van der Waals surface area (Å²) < 4.78 is 28.8. The van der Waals surface area contributed by atoms with E-state index in [-0.39, 0.29) is 17.1 Å². The molecule has 0 saturated carbocycles. The number of aromatic carboxylic acids is 1. The van der Waals surface area contributed by atoms with Gasteiger partial charge in [0.05, 0.1) is 12.0 Å². The Morgan fingerprint density at radius 3 is 2.71 bits per heavy atom. The second-order valence-corrected chi connectivity index (χ2v) is 3.76. The highest BCUT2D eigenvalue weighted by Gasteiger charge is 2.21. The van der Waals surface area contributed by atoms with Crippen LogP contribution in [-0.2, 0) is 0 Å². The summed E-state index contributed by atoms with van der Waals surface area (Å²) in [5.74, 6) is -2.47. The second-order valence-electron chi connectivity index (χ2n) is 3.76. The van der Waals surface area contributed by atoms with Gasteiger partial charge in [-0.1, -0.05) is 12.1 Å². The number of carboxylic acids is 1. The molecule has 9 heteroatoms. The lowest BCUT2D eigenvalue weighted by molar-refractivity contribution is -0.0493. The normalized spacial score (nSPS) is 10.4. The van der Waals surface area contributed by atoms with E-state index in [4.69, 9.17) is 5.11 Å². The maximum atomic E-state index is 12.3. The van der Waals surface area contributed by atoms with Gasteiger partial charge in [-0.25, -0.2) is 9.78 Å². The first-order chi connectivity index (χ1) is 9.99. The Hall–Kier alpha value is -2.97. The minimum absolute atomic E-state index is 0.0258. The van der Waals surface area contributed by atoms with Crippen molar-refractivity contribution >= 4 is 17.6 Å². The quantitative estimate of drug-likeness (QED) is 0.782. The van der Waals surface area contributed by atoms with Crippen molar-refractivity contribution in [1.82, 2.24) is 9.97 Å². The average Bonchev–Trinajstić information content (AvgIpc) is 2.90. The highest BCUT2D eigenvalue weighted by Crippen LogP contribution is 2.26. The number of aromatic nitrogens is 2. The second kappa shape index (κ2) is 5.99. The predicted molar refractivity (Wildman–Crippen MR) is 66.6 cm³/mol. The number of carboxylic acid groups (broad SMARTS) is 1. The smallest absolute Gasteiger partial charge is 0.387 e. The van der Waals surface area contributed by atoms with Crippen LogP contribution in [0.3, 0.4) is 0 Å². The highest BCUT2D eigenvalue weighted by atomic mass is 19.3. The summed E-state index contributed by atoms with van der Waals surface area (Å²) in [6.07, 6.45) is 1.04. The van der Waals surface area contributed by atoms with Gasteiger partial charge in [0.25, 0.3) is 5.91 Å². The van der Waals surface area contributed by atoms with Crippen molar-refractivity contribution in [3.05, 3.63) is 42.0 Å². The van der Waals surface area contributed by atoms with Gasteiger partial charge in [0, 0.05) is 0 Å². The van der Waals surface area contributed by atoms with E-state index in [0.29, 0.717) is 0 Å². The first-order valence-corrected chi connectivity index (χ1v) is 5.61. The van der Waals surface area contributed by atoms with Crippen LogP contribution in [0.4, 0.5) is 14.5 Å². The van der Waals surface area contributed by atoms with Crippen LogP contribution in [0.1, 0.15) is 21.0 Å². The number of ether oxygens (including phenoxy) is 1. The van der Waals surface area contributed by atoms with Gasteiger partial charge >= 0.3 is 12.6 Å². The third-order valence-electron chi connectivity index (χ3n) is 2.42. The van der Waals surface area contributed by atoms with Crippen molar-refractivity contribution < 1.29 is 28.2 Å². The molecule has 0 aliphatic heterocycles. The Morgan fingerprint density at radius 1 is 1.33 bits per heavy atom. The molecule has 0 atom stereocenters. The zero-order valence-corrected chi connectivity index (χ0v) is 10.3. The zero-order valence-electron chi connectivity index (χ0n) is 10.3. The highest BCUT2D eigenvalue weighted by molar-refractivity contribution is 6.09. The van der Waals surface area contributed by atoms with E-state index in [1.807, 2.05) is 0 Å². The van der Waals surface area contributed by atoms with Gasteiger partial charge in [0.15, 0.2) is 11.4 Å². The summed E-state index contributed by atoms with van der Waals surface area (Å²) in [6, 6.07) is 5.52. The fraction of sp³-hybridized carbons (Fsp3) is 0.0833. The Bertz CT molecular complexity index is 672. The number of halogens is 2. The van der Waals surface area contributed by atoms with E-state index in [2.05, 4.69) is 20.0 Å². The fourth-order valence-corrected chi connectivity index (χ4v) is 1.58. The minimum Gasteiger partial charge on any atom is -0.477 e. The molecule has 2 aromatic rings. The maximum Gasteiger partial charge on any atom is 0.387 e. The van der Waals surface area contributed by atoms with Gasteiger partial charge in [0.2, 0.25) is 0 Å². The van der Waals surface area contributed by atoms with E-state index in [0.717, 1.165) is 6.33 Å². The topological polar surface area (TPSA) is 104 Å². The molecule has 3 N–H and O–H groups in total. The molecule has 0 aliphatic carbocycles. The van der Waals surface area contributed by atoms with Gasteiger partial charge in [-0.05, 0) is 12.1 Å². The standard InChI is InChI=1S/C12H9F2N3O4/c13-12(14)21-7-4-2-1-3-6(7)17-10(18)8-9(11(19)20)16-5-15-8/h1-5,12H,(H,15,16)(H,17,18)(H,19,20). The van der Waals surface area contributed by atoms with Gasteiger partial charge < -0.3 is 20.1 Å². The number of hydrogen-bond donors (Lipinski definition) is 3. The molecule has 0 fully saturated rings. The van der Waals surface area contributed by atoms with Crippen molar-refractivity contribution in [3.8, 4) is 5.75 Å². The van der Waals surface area contributed by atoms with Crippen LogP contribution in [-0.4, -0.2) is 33.6 Å². The fourth-order valence-electron chi connectivity index (χ4n) is 1.58. The van der Waals surface area contributed by atoms with Crippen LogP contribution in [0.2, 0.25) is 0 Å². The third kappa shape index (κ3) is 3.32. The molecule has 0 saturated heterocycles. The molecule has 1 amide bonds. The van der Waals surface area contributed by atoms with Crippen LogP contribution in [0.5, 0.6) is 5.75 Å². The van der Waals surface area contributed by atoms with Crippen LogP contribution >= 0.6 is 0 Å². The van der Waals surface area contributed by atoms with E-state index in [1.165, 1.54) is 24.3 Å². The number of H-pyrrole nitrogens is 1. The van der Waals surface area contributed by atoms with E-state index in [1.54, 1.807) is 0 Å². The number of nitrogens with zero attached hydrogens (tertiary/aromatic N) is 1. The Balaban J connectivity index is 2.24. The zero-order chi connectivity index (χ0) is 15.4. The number of nitrogens with one attached hydrogen (secondary N) is 2. The molecule has 0 spiro atoms. The van der Waals surface area contributed by atoms with Gasteiger partial charge in [-0.3, -0.25) is 4.79 Å². The Kier molecular flexibility index (Phi) is 4.12. The summed E-state index contributed by atoms with van der Waals surface area (Å²) in [5, 5.41) is 11.1. The van der Waals surface area contributed by atoms with E-state index in [9.17, 15) is 18.4 Å². The molecule has 2 rings (SSSR count). The van der Waals surface area contributed by atoms with E-state index < -0.39 is 24.2 Å². The molecule has 21 heavy (non-hydrogen) atoms. The molecule has 1 aromatic carbocycles. The molecular weight excluding hydrogens is 288 g/mol. The average molecular weight is 297 g/mol. The first kappa shape index (κ1) is 14.4. The van der Waals surface area contributed by atoms with Crippen LogP contribution in [0, 0.1) is 0 Å². The SMILES string of the molecule is O=C(Nc1ccccc1OC(F)F)c1nc[nH]c1C(=O)O. The molecule has 0 radical (unpaired) electrons. The lowest BCUT2D eigenvalue weighted by Crippen LogP contribution is -2.17. The van der Waals surface area contributed by atoms with Gasteiger partial charge in [0.1, 0.15) is 5.75 Å². The molecule has 1 heterocycles. The lowest BCUT2D eigenvalue weighted by Gasteiger charge is -2.11. The number of imidazole rings is 1. The van der Waals surface area contributed by atoms with Crippen LogP contribution < -0.4 is 10.1 Å². The Morgan fingerprint density at radius 2 is 2.05 bits per heavy atom. The predicted octanol–water partition coefficient (Wildman–Crippen LogP) is 1.96. The summed E-state index contributed by atoms with van der Waals surface area (Å²) in [7, 11) is 0. The van der Waals surface area contributed by atoms with Gasteiger partial charge in [-0.15, -0.1) is 0 Å². The number of benzene rings is 1. The monoisotopic (exact) mass is 297 g/mol. The number of carbonyl (C=O) groups is 2. The number of para-hydroxylation sites is 2. The maximum absolute atomic E-state index is 12.3. The molecule has 1 aromatic heterocycles. The summed E-state index contributed by atoms with van der Waals surface area (Å²) in [5.41, 5.74) is -0.795. The number of carbonyl (C=O) groups excluding carboxylic acids is 1. The molecular formula is C12H9F2N3O4. The Labute approximate surface area is 116 Å². The first-order valence-electron chi connectivity index (χ1n) is 5.61.